The van der Waals surface area contributed by atoms with Gasteiger partial charge in [-0.2, -0.15) is 13.2 Å². The molecule has 1 unspecified atom stereocenters. The van der Waals surface area contributed by atoms with E-state index in [9.17, 15) is 13.2 Å². The first kappa shape index (κ1) is 11.6. The van der Waals surface area contributed by atoms with Crippen LogP contribution in [0.4, 0.5) is 13.2 Å². The van der Waals surface area contributed by atoms with Crippen molar-refractivity contribution in [2.45, 2.75) is 25.6 Å². The van der Waals surface area contributed by atoms with E-state index in [1.807, 2.05) is 0 Å². The Morgan fingerprint density at radius 2 is 2.14 bits per heavy atom. The topological polar surface area (TPSA) is 33.4 Å². The molecule has 0 saturated heterocycles. The Morgan fingerprint density at radius 3 is 2.50 bits per heavy atom. The number of aliphatic hydroxyl groups excluding tert-OH is 1. The van der Waals surface area contributed by atoms with Gasteiger partial charge in [0.05, 0.1) is 0 Å². The Labute approximate surface area is 86.8 Å². The zero-order chi connectivity index (χ0) is 10.9. The van der Waals surface area contributed by atoms with E-state index in [4.69, 9.17) is 9.52 Å². The number of halogens is 4. The van der Waals surface area contributed by atoms with Crippen LogP contribution in [0.25, 0.3) is 0 Å². The molecule has 80 valence electrons. The molecule has 1 N–H and O–H groups in total. The minimum absolute atomic E-state index is 0.140. The van der Waals surface area contributed by atoms with Gasteiger partial charge in [-0.25, -0.2) is 0 Å². The Balaban J connectivity index is 2.74. The molecule has 0 aliphatic carbocycles. The highest BCUT2D eigenvalue weighted by molar-refractivity contribution is 9.10. The summed E-state index contributed by atoms with van der Waals surface area (Å²) in [5.74, 6) is 0.140. The fourth-order valence-corrected chi connectivity index (χ4v) is 1.51. The van der Waals surface area contributed by atoms with Crippen LogP contribution in [0, 0.1) is 6.92 Å². The summed E-state index contributed by atoms with van der Waals surface area (Å²) in [5, 5.41) is 8.77. The first-order valence-corrected chi connectivity index (χ1v) is 4.59. The molecule has 2 nitrogen and oxygen atoms in total. The summed E-state index contributed by atoms with van der Waals surface area (Å²) in [6.45, 7) is 1.62. The van der Waals surface area contributed by atoms with Gasteiger partial charge in [0.2, 0.25) is 0 Å². The molecule has 0 fully saturated rings. The average Bonchev–Trinajstić information content (AvgIpc) is 2.28. The van der Waals surface area contributed by atoms with E-state index < -0.39 is 18.7 Å². The maximum atomic E-state index is 12.0. The zero-order valence-electron chi connectivity index (χ0n) is 7.23. The van der Waals surface area contributed by atoms with Crippen molar-refractivity contribution in [2.24, 2.45) is 0 Å². The fraction of sp³-hybridized carbons (Fsp3) is 0.500. The van der Waals surface area contributed by atoms with Crippen molar-refractivity contribution in [3.8, 4) is 0 Å². The van der Waals surface area contributed by atoms with E-state index in [0.717, 1.165) is 0 Å². The van der Waals surface area contributed by atoms with Crippen LogP contribution in [-0.4, -0.2) is 17.4 Å². The standard InChI is InChI=1S/C8H8BrF3O2/c1-4-2-7(9)14-5(4)3-6(13)8(10,11)12/h2,6,13H,3H2,1H3. The maximum Gasteiger partial charge on any atom is 0.414 e. The van der Waals surface area contributed by atoms with Gasteiger partial charge >= 0.3 is 6.18 Å². The smallest absolute Gasteiger partial charge is 0.414 e. The Bertz CT molecular complexity index is 319. The highest BCUT2D eigenvalue weighted by Gasteiger charge is 2.39. The third-order valence-corrected chi connectivity index (χ3v) is 2.14. The lowest BCUT2D eigenvalue weighted by molar-refractivity contribution is -0.203. The summed E-state index contributed by atoms with van der Waals surface area (Å²) in [6, 6.07) is 1.55. The van der Waals surface area contributed by atoms with E-state index in [0.29, 0.717) is 10.2 Å². The number of furan rings is 1. The van der Waals surface area contributed by atoms with Crippen LogP contribution in [0.5, 0.6) is 0 Å². The van der Waals surface area contributed by atoms with Crippen molar-refractivity contribution in [3.05, 3.63) is 22.1 Å². The molecule has 0 radical (unpaired) electrons. The van der Waals surface area contributed by atoms with Gasteiger partial charge in [-0.3, -0.25) is 0 Å². The van der Waals surface area contributed by atoms with E-state index in [1.165, 1.54) is 0 Å². The van der Waals surface area contributed by atoms with Gasteiger partial charge in [0, 0.05) is 6.42 Å². The first-order chi connectivity index (χ1) is 6.30. The number of alkyl halides is 3. The van der Waals surface area contributed by atoms with Gasteiger partial charge in [-0.05, 0) is 34.5 Å². The summed E-state index contributed by atoms with van der Waals surface area (Å²) in [5.41, 5.74) is 0.583. The average molecular weight is 273 g/mol. The predicted octanol–water partition coefficient (Wildman–Crippen LogP) is 2.82. The molecular weight excluding hydrogens is 265 g/mol. The Morgan fingerprint density at radius 1 is 1.57 bits per heavy atom. The molecule has 0 spiro atoms. The number of hydrogen-bond donors (Lipinski definition) is 1. The number of aryl methyl sites for hydroxylation is 1. The fourth-order valence-electron chi connectivity index (χ4n) is 0.972. The maximum absolute atomic E-state index is 12.0. The van der Waals surface area contributed by atoms with Crippen molar-refractivity contribution in [2.75, 3.05) is 0 Å². The molecule has 0 bridgehead atoms. The molecule has 0 aliphatic heterocycles. The normalized spacial score (nSPS) is 14.4. The summed E-state index contributed by atoms with van der Waals surface area (Å²) < 4.78 is 41.2. The summed E-state index contributed by atoms with van der Waals surface area (Å²) in [4.78, 5) is 0. The van der Waals surface area contributed by atoms with Crippen molar-refractivity contribution in [1.82, 2.24) is 0 Å². The highest BCUT2D eigenvalue weighted by atomic mass is 79.9. The van der Waals surface area contributed by atoms with Crippen LogP contribution >= 0.6 is 15.9 Å². The zero-order valence-corrected chi connectivity index (χ0v) is 8.82. The van der Waals surface area contributed by atoms with Crippen molar-refractivity contribution >= 4 is 15.9 Å². The molecule has 1 atom stereocenters. The molecule has 14 heavy (non-hydrogen) atoms. The molecule has 0 amide bonds. The first-order valence-electron chi connectivity index (χ1n) is 3.80. The third-order valence-electron chi connectivity index (χ3n) is 1.75. The quantitative estimate of drug-likeness (QED) is 0.898. The summed E-state index contributed by atoms with van der Waals surface area (Å²) in [7, 11) is 0. The van der Waals surface area contributed by atoms with E-state index in [-0.39, 0.29) is 5.76 Å². The molecule has 0 aliphatic rings. The van der Waals surface area contributed by atoms with Crippen LogP contribution in [0.15, 0.2) is 15.2 Å². The van der Waals surface area contributed by atoms with E-state index in [1.54, 1.807) is 13.0 Å². The second-order valence-electron chi connectivity index (χ2n) is 2.92. The number of aliphatic hydroxyl groups is 1. The second kappa shape index (κ2) is 3.94. The Kier molecular flexibility index (Phi) is 3.26. The largest absolute Gasteiger partial charge is 0.454 e. The molecule has 1 aromatic rings. The predicted molar refractivity (Wildman–Crippen MR) is 46.9 cm³/mol. The second-order valence-corrected chi connectivity index (χ2v) is 3.70. The van der Waals surface area contributed by atoms with Gasteiger partial charge in [-0.1, -0.05) is 0 Å². The van der Waals surface area contributed by atoms with E-state index in [2.05, 4.69) is 15.9 Å². The van der Waals surface area contributed by atoms with E-state index >= 15 is 0 Å². The SMILES string of the molecule is Cc1cc(Br)oc1CC(O)C(F)(F)F. The highest BCUT2D eigenvalue weighted by Crippen LogP contribution is 2.26. The van der Waals surface area contributed by atoms with Crippen LogP contribution in [-0.2, 0) is 6.42 Å². The summed E-state index contributed by atoms with van der Waals surface area (Å²) in [6.07, 6.45) is -7.54. The van der Waals surface area contributed by atoms with Crippen molar-refractivity contribution in [1.29, 1.82) is 0 Å². The third kappa shape index (κ3) is 2.75. The molecular formula is C8H8BrF3O2. The number of rotatable bonds is 2. The van der Waals surface area contributed by atoms with Crippen LogP contribution in [0.2, 0.25) is 0 Å². The van der Waals surface area contributed by atoms with Crippen molar-refractivity contribution < 1.29 is 22.7 Å². The summed E-state index contributed by atoms with van der Waals surface area (Å²) >= 11 is 2.99. The van der Waals surface area contributed by atoms with Crippen LogP contribution < -0.4 is 0 Å². The lowest BCUT2D eigenvalue weighted by Gasteiger charge is -2.12. The molecule has 1 heterocycles. The van der Waals surface area contributed by atoms with Gasteiger partial charge in [0.1, 0.15) is 5.76 Å². The van der Waals surface area contributed by atoms with Gasteiger partial charge in [0.15, 0.2) is 10.8 Å². The molecule has 1 aromatic heterocycles. The number of hydrogen-bond acceptors (Lipinski definition) is 2. The lowest BCUT2D eigenvalue weighted by Crippen LogP contribution is -2.30. The molecule has 1 rings (SSSR count). The van der Waals surface area contributed by atoms with Gasteiger partial charge in [0.25, 0.3) is 0 Å². The molecule has 0 saturated carbocycles. The van der Waals surface area contributed by atoms with Crippen LogP contribution in [0.1, 0.15) is 11.3 Å². The van der Waals surface area contributed by atoms with Gasteiger partial charge < -0.3 is 9.52 Å². The van der Waals surface area contributed by atoms with Crippen molar-refractivity contribution in [3.63, 3.8) is 0 Å². The molecule has 0 aromatic carbocycles. The lowest BCUT2D eigenvalue weighted by atomic mass is 10.1. The van der Waals surface area contributed by atoms with Crippen LogP contribution in [0.3, 0.4) is 0 Å². The molecule has 6 heteroatoms. The minimum Gasteiger partial charge on any atom is -0.454 e. The monoisotopic (exact) mass is 272 g/mol. The Hall–Kier alpha value is -0.490. The van der Waals surface area contributed by atoms with Gasteiger partial charge in [-0.15, -0.1) is 0 Å². The minimum atomic E-state index is -4.61.